The lowest BCUT2D eigenvalue weighted by molar-refractivity contribution is -0.125. The van der Waals surface area contributed by atoms with Crippen molar-refractivity contribution in [1.29, 1.82) is 0 Å². The highest BCUT2D eigenvalue weighted by molar-refractivity contribution is 7.81. The molecule has 0 saturated carbocycles. The van der Waals surface area contributed by atoms with Gasteiger partial charge in [0, 0.05) is 13.2 Å². The quantitative estimate of drug-likeness (QED) is 0.330. The van der Waals surface area contributed by atoms with Crippen LogP contribution in [0.1, 0.15) is 12.8 Å². The van der Waals surface area contributed by atoms with Crippen LogP contribution in [-0.4, -0.2) is 40.5 Å². The van der Waals surface area contributed by atoms with Crippen LogP contribution in [-0.2, 0) is 4.79 Å². The Morgan fingerprint density at radius 1 is 1.46 bits per heavy atom. The Morgan fingerprint density at radius 3 is 2.62 bits per heavy atom. The third-order valence-electron chi connectivity index (χ3n) is 1.80. The van der Waals surface area contributed by atoms with E-state index in [9.17, 15) is 9.59 Å². The van der Waals surface area contributed by atoms with Crippen LogP contribution >= 0.6 is 12.6 Å². The maximum absolute atomic E-state index is 11.2. The van der Waals surface area contributed by atoms with E-state index >= 15 is 0 Å². The molecule has 1 unspecified atom stereocenters. The van der Waals surface area contributed by atoms with Crippen molar-refractivity contribution < 1.29 is 14.7 Å². The third-order valence-corrected chi connectivity index (χ3v) is 2.15. The summed E-state index contributed by atoms with van der Waals surface area (Å²) in [4.78, 5) is 23.4. The molecule has 0 spiro atoms. The fourth-order valence-corrected chi connectivity index (χ4v) is 1.35. The molecule has 1 rings (SSSR count). The Kier molecular flexibility index (Phi) is 3.56. The molecule has 13 heavy (non-hydrogen) atoms. The van der Waals surface area contributed by atoms with Crippen molar-refractivity contribution in [3.05, 3.63) is 0 Å². The second kappa shape index (κ2) is 4.48. The van der Waals surface area contributed by atoms with E-state index in [0.717, 1.165) is 4.90 Å². The number of urea groups is 1. The average molecular weight is 204 g/mol. The number of amides is 3. The van der Waals surface area contributed by atoms with Crippen molar-refractivity contribution >= 4 is 24.6 Å². The average Bonchev–Trinajstić information content (AvgIpc) is 2.32. The fourth-order valence-electron chi connectivity index (χ4n) is 1.10. The molecule has 1 aliphatic rings. The predicted molar refractivity (Wildman–Crippen MR) is 49.3 cm³/mol. The molecule has 1 heterocycles. The van der Waals surface area contributed by atoms with E-state index in [1.165, 1.54) is 0 Å². The molecule has 0 aliphatic carbocycles. The van der Waals surface area contributed by atoms with Gasteiger partial charge in [-0.3, -0.25) is 9.69 Å². The van der Waals surface area contributed by atoms with Crippen LogP contribution in [0.4, 0.5) is 4.79 Å². The lowest BCUT2D eigenvalue weighted by Gasteiger charge is -2.10. The van der Waals surface area contributed by atoms with Crippen LogP contribution in [0, 0.1) is 0 Å². The summed E-state index contributed by atoms with van der Waals surface area (Å²) < 4.78 is 0. The summed E-state index contributed by atoms with van der Waals surface area (Å²) in [7, 11) is 0. The first-order valence-corrected chi connectivity index (χ1v) is 4.59. The number of thiol groups is 1. The summed E-state index contributed by atoms with van der Waals surface area (Å²) >= 11 is 3.88. The highest BCUT2D eigenvalue weighted by Crippen LogP contribution is 2.09. The van der Waals surface area contributed by atoms with Gasteiger partial charge in [0.05, 0.1) is 0 Å². The monoisotopic (exact) mass is 204 g/mol. The number of aliphatic hydroxyl groups is 1. The van der Waals surface area contributed by atoms with Crippen LogP contribution in [0.5, 0.6) is 0 Å². The first-order chi connectivity index (χ1) is 6.16. The second-order valence-electron chi connectivity index (χ2n) is 2.77. The Bertz CT molecular complexity index is 222. The minimum Gasteiger partial charge on any atom is -0.396 e. The topological polar surface area (TPSA) is 69.6 Å². The van der Waals surface area contributed by atoms with Gasteiger partial charge in [0.25, 0.3) is 5.91 Å². The molecule has 74 valence electrons. The van der Waals surface area contributed by atoms with Gasteiger partial charge in [-0.1, -0.05) is 0 Å². The summed E-state index contributed by atoms with van der Waals surface area (Å²) in [6.07, 6.45) is 1.21. The maximum Gasteiger partial charge on any atom is 0.325 e. The van der Waals surface area contributed by atoms with Gasteiger partial charge in [-0.25, -0.2) is 4.79 Å². The van der Waals surface area contributed by atoms with E-state index in [-0.39, 0.29) is 12.5 Å². The van der Waals surface area contributed by atoms with Crippen LogP contribution < -0.4 is 5.32 Å². The number of unbranched alkanes of at least 4 members (excludes halogenated alkanes) is 1. The van der Waals surface area contributed by atoms with Gasteiger partial charge in [-0.2, -0.15) is 0 Å². The van der Waals surface area contributed by atoms with Crippen molar-refractivity contribution in [2.45, 2.75) is 18.2 Å². The lowest BCUT2D eigenvalue weighted by Crippen LogP contribution is -2.32. The van der Waals surface area contributed by atoms with Crippen LogP contribution in [0.2, 0.25) is 0 Å². The molecule has 1 atom stereocenters. The van der Waals surface area contributed by atoms with E-state index in [4.69, 9.17) is 5.11 Å². The molecule has 6 heteroatoms. The van der Waals surface area contributed by atoms with Gasteiger partial charge in [0.15, 0.2) is 5.37 Å². The van der Waals surface area contributed by atoms with Gasteiger partial charge in [-0.15, -0.1) is 12.6 Å². The summed E-state index contributed by atoms with van der Waals surface area (Å²) in [5, 5.41) is 10.2. The van der Waals surface area contributed by atoms with Crippen molar-refractivity contribution in [2.75, 3.05) is 13.2 Å². The van der Waals surface area contributed by atoms with Crippen molar-refractivity contribution in [3.63, 3.8) is 0 Å². The van der Waals surface area contributed by atoms with Gasteiger partial charge >= 0.3 is 6.03 Å². The van der Waals surface area contributed by atoms with E-state index < -0.39 is 11.4 Å². The zero-order valence-electron chi connectivity index (χ0n) is 7.06. The molecule has 1 fully saturated rings. The van der Waals surface area contributed by atoms with Gasteiger partial charge in [0.2, 0.25) is 0 Å². The summed E-state index contributed by atoms with van der Waals surface area (Å²) in [5.74, 6) is -0.314. The zero-order chi connectivity index (χ0) is 9.84. The Hall–Kier alpha value is -0.750. The predicted octanol–water partition coefficient (Wildman–Crippen LogP) is -0.433. The second-order valence-corrected chi connectivity index (χ2v) is 3.29. The smallest absolute Gasteiger partial charge is 0.325 e. The summed E-state index contributed by atoms with van der Waals surface area (Å²) in [5.41, 5.74) is 0. The molecule has 1 aliphatic heterocycles. The van der Waals surface area contributed by atoms with Crippen LogP contribution in [0.15, 0.2) is 0 Å². The maximum atomic E-state index is 11.2. The Morgan fingerprint density at radius 2 is 2.15 bits per heavy atom. The molecule has 0 aromatic carbocycles. The summed E-state index contributed by atoms with van der Waals surface area (Å²) in [6, 6.07) is -0.400. The summed E-state index contributed by atoms with van der Waals surface area (Å²) in [6.45, 7) is 0.427. The molecule has 0 aromatic rings. The zero-order valence-corrected chi connectivity index (χ0v) is 7.96. The molecule has 1 saturated heterocycles. The Balaban J connectivity index is 2.40. The number of nitrogens with zero attached hydrogens (tertiary/aromatic N) is 1. The first-order valence-electron chi connectivity index (χ1n) is 4.07. The van der Waals surface area contributed by atoms with Crippen LogP contribution in [0.3, 0.4) is 0 Å². The normalized spacial score (nSPS) is 22.3. The third kappa shape index (κ3) is 2.35. The minimum atomic E-state index is -0.707. The highest BCUT2D eigenvalue weighted by Gasteiger charge is 2.34. The molecule has 0 bridgehead atoms. The van der Waals surface area contributed by atoms with E-state index in [1.54, 1.807) is 0 Å². The highest BCUT2D eigenvalue weighted by atomic mass is 32.1. The molecule has 0 radical (unpaired) electrons. The van der Waals surface area contributed by atoms with E-state index in [1.807, 2.05) is 0 Å². The molecule has 0 aromatic heterocycles. The molecule has 2 N–H and O–H groups in total. The molecular weight excluding hydrogens is 192 g/mol. The van der Waals surface area contributed by atoms with Crippen molar-refractivity contribution in [3.8, 4) is 0 Å². The van der Waals surface area contributed by atoms with E-state index in [2.05, 4.69) is 17.9 Å². The molecular formula is C7H12N2O3S. The van der Waals surface area contributed by atoms with Crippen molar-refractivity contribution in [1.82, 2.24) is 10.2 Å². The fraction of sp³-hybridized carbons (Fsp3) is 0.714. The number of imide groups is 1. The lowest BCUT2D eigenvalue weighted by atomic mass is 10.3. The number of hydrogen-bond donors (Lipinski definition) is 3. The first kappa shape index (κ1) is 10.3. The largest absolute Gasteiger partial charge is 0.396 e. The number of carbonyl (C=O) groups excluding carboxylic acids is 2. The number of hydrogen-bond acceptors (Lipinski definition) is 4. The number of aliphatic hydroxyl groups excluding tert-OH is 1. The van der Waals surface area contributed by atoms with E-state index in [0.29, 0.717) is 19.4 Å². The number of carbonyl (C=O) groups is 2. The standard InChI is InChI=1S/C7H12N2O3S/c10-4-2-1-3-9-6(11)5(13)8-7(9)12/h5,10,13H,1-4H2,(H,8,12). The van der Waals surface area contributed by atoms with Gasteiger partial charge in [0.1, 0.15) is 0 Å². The Labute approximate surface area is 81.5 Å². The molecule has 3 amide bonds. The van der Waals surface area contributed by atoms with Crippen molar-refractivity contribution in [2.24, 2.45) is 0 Å². The SMILES string of the molecule is O=C1NC(S)C(=O)N1CCCCO. The number of nitrogens with one attached hydrogen (secondary N) is 1. The van der Waals surface area contributed by atoms with Crippen LogP contribution in [0.25, 0.3) is 0 Å². The van der Waals surface area contributed by atoms with Gasteiger partial charge in [-0.05, 0) is 12.8 Å². The minimum absolute atomic E-state index is 0.0773. The van der Waals surface area contributed by atoms with Gasteiger partial charge < -0.3 is 10.4 Å². The molecule has 5 nitrogen and oxygen atoms in total. The number of rotatable bonds is 4.